The molecule has 0 spiro atoms. The summed E-state index contributed by atoms with van der Waals surface area (Å²) in [4.78, 5) is 9.98. The fraction of sp³-hybridized carbons (Fsp3) is 0. The average Bonchev–Trinajstić information content (AvgIpc) is 3.02. The standard InChI is InChI=1S/C34H25N5/c1-36-39(33(35)26-16-7-3-8-17-26)32-28-20-12-11-13-24(28)21-22-29(32)31-23-30(25-14-5-2-6-15-25)37-34(38-31)27-18-9-4-10-19-27/h2-23,35H,1H2. The van der Waals surface area contributed by atoms with Crippen LogP contribution < -0.4 is 5.01 Å². The molecule has 0 aliphatic carbocycles. The Bertz CT molecular complexity index is 1720. The molecule has 1 N–H and O–H groups in total. The van der Waals surface area contributed by atoms with Crippen molar-refractivity contribution in [1.82, 2.24) is 9.97 Å². The van der Waals surface area contributed by atoms with Gasteiger partial charge in [0.25, 0.3) is 0 Å². The van der Waals surface area contributed by atoms with E-state index in [2.05, 4.69) is 24.0 Å². The van der Waals surface area contributed by atoms with Crippen molar-refractivity contribution in [2.24, 2.45) is 5.10 Å². The summed E-state index contributed by atoms with van der Waals surface area (Å²) in [6.45, 7) is 3.86. The van der Waals surface area contributed by atoms with Crippen molar-refractivity contribution in [3.63, 3.8) is 0 Å². The first-order chi connectivity index (χ1) is 19.2. The van der Waals surface area contributed by atoms with E-state index in [1.165, 1.54) is 0 Å². The van der Waals surface area contributed by atoms with Crippen LogP contribution in [0.4, 0.5) is 5.69 Å². The monoisotopic (exact) mass is 503 g/mol. The third-order valence-electron chi connectivity index (χ3n) is 6.62. The van der Waals surface area contributed by atoms with Gasteiger partial charge in [0.05, 0.1) is 17.1 Å². The molecule has 5 aromatic carbocycles. The third-order valence-corrected chi connectivity index (χ3v) is 6.62. The Morgan fingerprint density at radius 3 is 1.92 bits per heavy atom. The van der Waals surface area contributed by atoms with Crippen LogP contribution in [0.3, 0.4) is 0 Å². The lowest BCUT2D eigenvalue weighted by Gasteiger charge is -2.24. The van der Waals surface area contributed by atoms with Crippen molar-refractivity contribution in [3.05, 3.63) is 139 Å². The zero-order valence-corrected chi connectivity index (χ0v) is 21.2. The summed E-state index contributed by atoms with van der Waals surface area (Å²) < 4.78 is 0. The number of nitrogens with zero attached hydrogens (tertiary/aromatic N) is 4. The van der Waals surface area contributed by atoms with Gasteiger partial charge in [-0.2, -0.15) is 5.10 Å². The normalized spacial score (nSPS) is 10.8. The van der Waals surface area contributed by atoms with E-state index in [-0.39, 0.29) is 5.84 Å². The summed E-state index contributed by atoms with van der Waals surface area (Å²) >= 11 is 0. The lowest BCUT2D eigenvalue weighted by molar-refractivity contribution is 1.12. The first kappa shape index (κ1) is 23.9. The summed E-state index contributed by atoms with van der Waals surface area (Å²) in [5, 5.41) is 17.0. The maximum absolute atomic E-state index is 9.07. The molecule has 0 atom stereocenters. The molecule has 6 aromatic rings. The zero-order valence-electron chi connectivity index (χ0n) is 21.2. The van der Waals surface area contributed by atoms with Gasteiger partial charge < -0.3 is 0 Å². The van der Waals surface area contributed by atoms with Crippen LogP contribution in [0.15, 0.2) is 139 Å². The number of hydrazone groups is 1. The van der Waals surface area contributed by atoms with Crippen molar-refractivity contribution in [2.75, 3.05) is 5.01 Å². The van der Waals surface area contributed by atoms with Crippen molar-refractivity contribution in [2.45, 2.75) is 0 Å². The molecule has 1 heterocycles. The van der Waals surface area contributed by atoms with Crippen LogP contribution in [0.2, 0.25) is 0 Å². The van der Waals surface area contributed by atoms with Crippen LogP contribution in [0.5, 0.6) is 0 Å². The minimum atomic E-state index is 0.226. The molecule has 0 radical (unpaired) electrons. The van der Waals surface area contributed by atoms with Crippen LogP contribution in [-0.2, 0) is 0 Å². The maximum Gasteiger partial charge on any atom is 0.160 e. The van der Waals surface area contributed by atoms with Gasteiger partial charge in [0.15, 0.2) is 11.7 Å². The second-order valence-corrected chi connectivity index (χ2v) is 9.04. The van der Waals surface area contributed by atoms with Gasteiger partial charge in [0, 0.05) is 34.4 Å². The van der Waals surface area contributed by atoms with E-state index in [0.29, 0.717) is 5.82 Å². The molecule has 6 rings (SSSR count). The summed E-state index contributed by atoms with van der Waals surface area (Å²) in [5.41, 5.74) is 5.78. The molecule has 0 fully saturated rings. The second-order valence-electron chi connectivity index (χ2n) is 9.04. The molecule has 186 valence electrons. The first-order valence-electron chi connectivity index (χ1n) is 12.7. The minimum absolute atomic E-state index is 0.226. The summed E-state index contributed by atoms with van der Waals surface area (Å²) in [6.07, 6.45) is 0. The number of rotatable bonds is 6. The van der Waals surface area contributed by atoms with Gasteiger partial charge in [-0.25, -0.2) is 15.0 Å². The average molecular weight is 504 g/mol. The lowest BCUT2D eigenvalue weighted by atomic mass is 9.99. The predicted octanol–water partition coefficient (Wildman–Crippen LogP) is 8.08. The number of fused-ring (bicyclic) bond motifs is 1. The van der Waals surface area contributed by atoms with Crippen LogP contribution >= 0.6 is 0 Å². The third kappa shape index (κ3) is 4.69. The second kappa shape index (κ2) is 10.5. The Morgan fingerprint density at radius 2 is 1.23 bits per heavy atom. The van der Waals surface area contributed by atoms with Gasteiger partial charge in [0.1, 0.15) is 0 Å². The fourth-order valence-corrected chi connectivity index (χ4v) is 4.72. The molecule has 0 aliphatic heterocycles. The maximum atomic E-state index is 9.07. The smallest absolute Gasteiger partial charge is 0.160 e. The van der Waals surface area contributed by atoms with E-state index in [4.69, 9.17) is 15.4 Å². The summed E-state index contributed by atoms with van der Waals surface area (Å²) in [7, 11) is 0. The molecular formula is C34H25N5. The molecule has 0 saturated heterocycles. The van der Waals surface area contributed by atoms with Gasteiger partial charge in [-0.3, -0.25) is 5.41 Å². The highest BCUT2D eigenvalue weighted by molar-refractivity contribution is 6.15. The molecule has 0 unspecified atom stereocenters. The Hall–Kier alpha value is -5.42. The predicted molar refractivity (Wildman–Crippen MR) is 161 cm³/mol. The van der Waals surface area contributed by atoms with Gasteiger partial charge in [0.2, 0.25) is 0 Å². The molecule has 0 amide bonds. The van der Waals surface area contributed by atoms with Crippen LogP contribution in [0.1, 0.15) is 5.56 Å². The number of aromatic nitrogens is 2. The quantitative estimate of drug-likeness (QED) is 0.142. The highest BCUT2D eigenvalue weighted by Crippen LogP contribution is 2.39. The molecule has 39 heavy (non-hydrogen) atoms. The Kier molecular flexibility index (Phi) is 6.46. The van der Waals surface area contributed by atoms with E-state index in [9.17, 15) is 0 Å². The van der Waals surface area contributed by atoms with E-state index < -0.39 is 0 Å². The first-order valence-corrected chi connectivity index (χ1v) is 12.7. The summed E-state index contributed by atoms with van der Waals surface area (Å²) in [5.74, 6) is 0.853. The summed E-state index contributed by atoms with van der Waals surface area (Å²) in [6, 6.07) is 43.9. The molecule has 1 aromatic heterocycles. The number of amidine groups is 1. The Labute approximate surface area is 227 Å². The number of benzene rings is 5. The van der Waals surface area contributed by atoms with Crippen molar-refractivity contribution in [1.29, 1.82) is 5.41 Å². The number of nitrogens with one attached hydrogen (secondary N) is 1. The number of hydrogen-bond acceptors (Lipinski definition) is 4. The minimum Gasteiger partial charge on any atom is -0.282 e. The van der Waals surface area contributed by atoms with E-state index in [1.54, 1.807) is 5.01 Å². The lowest BCUT2D eigenvalue weighted by Crippen LogP contribution is -2.26. The van der Waals surface area contributed by atoms with E-state index in [0.717, 1.165) is 50.1 Å². The molecule has 5 nitrogen and oxygen atoms in total. The Balaban J connectivity index is 1.62. The molecule has 0 bridgehead atoms. The molecule has 0 saturated carbocycles. The van der Waals surface area contributed by atoms with Crippen molar-refractivity contribution in [3.8, 4) is 33.9 Å². The van der Waals surface area contributed by atoms with Gasteiger partial charge in [-0.05, 0) is 17.5 Å². The topological polar surface area (TPSA) is 65.2 Å². The molecule has 5 heteroatoms. The highest BCUT2D eigenvalue weighted by atomic mass is 15.5. The van der Waals surface area contributed by atoms with Crippen LogP contribution in [0.25, 0.3) is 44.7 Å². The SMILES string of the molecule is C=NN(C(=N)c1ccccc1)c1c(-c2cc(-c3ccccc3)nc(-c3ccccc3)n2)ccc2ccccc12. The number of anilines is 1. The van der Waals surface area contributed by atoms with Crippen LogP contribution in [0, 0.1) is 5.41 Å². The largest absolute Gasteiger partial charge is 0.282 e. The van der Waals surface area contributed by atoms with Crippen molar-refractivity contribution < 1.29 is 0 Å². The number of hydrogen-bond donors (Lipinski definition) is 1. The van der Waals surface area contributed by atoms with Gasteiger partial charge >= 0.3 is 0 Å². The van der Waals surface area contributed by atoms with Gasteiger partial charge in [-0.15, -0.1) is 0 Å². The van der Waals surface area contributed by atoms with Crippen molar-refractivity contribution >= 4 is 29.0 Å². The van der Waals surface area contributed by atoms with E-state index in [1.807, 2.05) is 121 Å². The van der Waals surface area contributed by atoms with Gasteiger partial charge in [-0.1, -0.05) is 121 Å². The van der Waals surface area contributed by atoms with Crippen LogP contribution in [-0.4, -0.2) is 22.5 Å². The fourth-order valence-electron chi connectivity index (χ4n) is 4.72. The highest BCUT2D eigenvalue weighted by Gasteiger charge is 2.22. The van der Waals surface area contributed by atoms with E-state index >= 15 is 0 Å². The molecule has 0 aliphatic rings. The molecular weight excluding hydrogens is 478 g/mol. The zero-order chi connectivity index (χ0) is 26.6. The Morgan fingerprint density at radius 1 is 0.641 bits per heavy atom.